The number of rotatable bonds is 9. The smallest absolute Gasteiger partial charge is 0.233 e. The van der Waals surface area contributed by atoms with E-state index in [1.54, 1.807) is 6.92 Å². The summed E-state index contributed by atoms with van der Waals surface area (Å²) >= 11 is 0. The molecule has 1 rings (SSSR count). The van der Waals surface area contributed by atoms with Crippen LogP contribution in [0.5, 0.6) is 5.75 Å². The topological polar surface area (TPSA) is 81.4 Å². The number of benzene rings is 1. The van der Waals surface area contributed by atoms with E-state index in [0.717, 1.165) is 30.6 Å². The summed E-state index contributed by atoms with van der Waals surface area (Å²) in [5.74, 6) is 5.84. The van der Waals surface area contributed by atoms with Crippen molar-refractivity contribution in [1.82, 2.24) is 5.43 Å². The van der Waals surface area contributed by atoms with Gasteiger partial charge in [-0.1, -0.05) is 12.1 Å². The van der Waals surface area contributed by atoms with Gasteiger partial charge in [-0.2, -0.15) is 0 Å². The Labute approximate surface area is 119 Å². The minimum absolute atomic E-state index is 0.153. The first-order valence-corrected chi connectivity index (χ1v) is 6.82. The maximum absolute atomic E-state index is 10.9. The molecule has 0 spiro atoms. The number of nitrogens with two attached hydrogens (primary N) is 1. The number of hydrogen-bond donors (Lipinski definition) is 2. The Balaban J connectivity index is 2.21. The highest BCUT2D eigenvalue weighted by Crippen LogP contribution is 2.14. The molecule has 5 heteroatoms. The summed E-state index contributed by atoms with van der Waals surface area (Å²) in [5, 5.41) is 0. The Morgan fingerprint density at radius 1 is 1.15 bits per heavy atom. The Morgan fingerprint density at radius 2 is 1.85 bits per heavy atom. The van der Waals surface area contributed by atoms with Gasteiger partial charge in [0.05, 0.1) is 6.61 Å². The minimum Gasteiger partial charge on any atom is -0.494 e. The average Bonchev–Trinajstić information content (AvgIpc) is 2.45. The number of hydrogen-bond acceptors (Lipinski definition) is 4. The van der Waals surface area contributed by atoms with E-state index in [1.165, 1.54) is 0 Å². The van der Waals surface area contributed by atoms with Crippen LogP contribution in [-0.4, -0.2) is 18.3 Å². The second-order valence-corrected chi connectivity index (χ2v) is 4.72. The van der Waals surface area contributed by atoms with Crippen LogP contribution < -0.4 is 16.0 Å². The lowest BCUT2D eigenvalue weighted by Crippen LogP contribution is -2.29. The summed E-state index contributed by atoms with van der Waals surface area (Å²) in [7, 11) is 0. The first kappa shape index (κ1) is 16.2. The summed E-state index contributed by atoms with van der Waals surface area (Å²) in [6.07, 6.45) is 3.32. The van der Waals surface area contributed by atoms with E-state index in [2.05, 4.69) is 5.43 Å². The summed E-state index contributed by atoms with van der Waals surface area (Å²) in [6, 6.07) is 7.75. The number of ketones is 1. The Kier molecular flexibility index (Phi) is 7.35. The molecule has 0 aliphatic rings. The average molecular weight is 278 g/mol. The van der Waals surface area contributed by atoms with Crippen molar-refractivity contribution in [3.8, 4) is 5.75 Å². The molecule has 0 heterocycles. The molecule has 0 aliphatic carbocycles. The zero-order valence-corrected chi connectivity index (χ0v) is 11.9. The van der Waals surface area contributed by atoms with Crippen LogP contribution in [0.1, 0.15) is 38.2 Å². The molecular formula is C15H22N2O3. The van der Waals surface area contributed by atoms with E-state index in [-0.39, 0.29) is 11.7 Å². The third-order valence-corrected chi connectivity index (χ3v) is 2.92. The Hall–Kier alpha value is -1.88. The van der Waals surface area contributed by atoms with Crippen LogP contribution in [-0.2, 0) is 16.0 Å². The third kappa shape index (κ3) is 6.89. The highest BCUT2D eigenvalue weighted by molar-refractivity contribution is 5.75. The maximum Gasteiger partial charge on any atom is 0.233 e. The number of amides is 1. The summed E-state index contributed by atoms with van der Waals surface area (Å²) in [6.45, 7) is 2.17. The highest BCUT2D eigenvalue weighted by Gasteiger charge is 2.00. The van der Waals surface area contributed by atoms with Gasteiger partial charge in [0.25, 0.3) is 0 Å². The standard InChI is InChI=1S/C15H22N2O3/c1-12(18)5-6-13-7-9-14(10-8-13)20-11-3-2-4-15(19)17-16/h7-10H,2-6,11,16H2,1H3,(H,17,19). The van der Waals surface area contributed by atoms with Crippen molar-refractivity contribution < 1.29 is 14.3 Å². The zero-order chi connectivity index (χ0) is 14.8. The van der Waals surface area contributed by atoms with Crippen molar-refractivity contribution in [2.75, 3.05) is 6.61 Å². The number of Topliss-reactive ketones (excluding diaryl/α,β-unsaturated/α-hetero) is 1. The fraction of sp³-hybridized carbons (Fsp3) is 0.467. The number of aryl methyl sites for hydroxylation is 1. The van der Waals surface area contributed by atoms with Gasteiger partial charge in [-0.15, -0.1) is 0 Å². The number of carbonyl (C=O) groups is 2. The lowest BCUT2D eigenvalue weighted by Gasteiger charge is -2.07. The molecular weight excluding hydrogens is 256 g/mol. The molecule has 0 bridgehead atoms. The first-order valence-electron chi connectivity index (χ1n) is 6.82. The number of carbonyl (C=O) groups excluding carboxylic acids is 2. The second kappa shape index (κ2) is 9.09. The number of unbranched alkanes of at least 4 members (excludes halogenated alkanes) is 1. The molecule has 0 fully saturated rings. The molecule has 110 valence electrons. The lowest BCUT2D eigenvalue weighted by atomic mass is 10.1. The number of ether oxygens (including phenoxy) is 1. The predicted molar refractivity (Wildman–Crippen MR) is 77.1 cm³/mol. The van der Waals surface area contributed by atoms with E-state index < -0.39 is 0 Å². The molecule has 1 aromatic rings. The van der Waals surface area contributed by atoms with Gasteiger partial charge in [-0.3, -0.25) is 10.2 Å². The van der Waals surface area contributed by atoms with Crippen LogP contribution in [0.25, 0.3) is 0 Å². The number of hydrazine groups is 1. The van der Waals surface area contributed by atoms with Gasteiger partial charge in [0.1, 0.15) is 11.5 Å². The van der Waals surface area contributed by atoms with Crippen LogP contribution in [0.3, 0.4) is 0 Å². The van der Waals surface area contributed by atoms with Crippen molar-refractivity contribution in [2.45, 2.75) is 39.0 Å². The van der Waals surface area contributed by atoms with Crippen LogP contribution in [0.2, 0.25) is 0 Å². The largest absolute Gasteiger partial charge is 0.494 e. The van der Waals surface area contributed by atoms with Crippen LogP contribution in [0, 0.1) is 0 Å². The van der Waals surface area contributed by atoms with Gasteiger partial charge in [0.15, 0.2) is 0 Å². The molecule has 0 saturated heterocycles. The lowest BCUT2D eigenvalue weighted by molar-refractivity contribution is -0.121. The molecule has 0 radical (unpaired) electrons. The molecule has 1 amide bonds. The van der Waals surface area contributed by atoms with E-state index in [0.29, 0.717) is 19.4 Å². The van der Waals surface area contributed by atoms with Crippen molar-refractivity contribution in [3.63, 3.8) is 0 Å². The van der Waals surface area contributed by atoms with Crippen LogP contribution in [0.15, 0.2) is 24.3 Å². The van der Waals surface area contributed by atoms with Gasteiger partial charge in [-0.05, 0) is 43.9 Å². The highest BCUT2D eigenvalue weighted by atomic mass is 16.5. The van der Waals surface area contributed by atoms with Crippen molar-refractivity contribution >= 4 is 11.7 Å². The Morgan fingerprint density at radius 3 is 2.45 bits per heavy atom. The first-order chi connectivity index (χ1) is 9.61. The van der Waals surface area contributed by atoms with Crippen molar-refractivity contribution in [2.24, 2.45) is 5.84 Å². The van der Waals surface area contributed by atoms with E-state index in [4.69, 9.17) is 10.6 Å². The summed E-state index contributed by atoms with van der Waals surface area (Å²) in [4.78, 5) is 21.8. The van der Waals surface area contributed by atoms with Gasteiger partial charge < -0.3 is 9.53 Å². The molecule has 0 saturated carbocycles. The van der Waals surface area contributed by atoms with Gasteiger partial charge in [0.2, 0.25) is 5.91 Å². The van der Waals surface area contributed by atoms with Gasteiger partial charge in [-0.25, -0.2) is 5.84 Å². The van der Waals surface area contributed by atoms with E-state index in [9.17, 15) is 9.59 Å². The normalized spacial score (nSPS) is 10.1. The quantitative estimate of drug-likeness (QED) is 0.312. The van der Waals surface area contributed by atoms with Gasteiger partial charge in [0, 0.05) is 12.8 Å². The molecule has 0 aliphatic heterocycles. The predicted octanol–water partition coefficient (Wildman–Crippen LogP) is 1.75. The fourth-order valence-corrected chi connectivity index (χ4v) is 1.72. The van der Waals surface area contributed by atoms with Crippen molar-refractivity contribution in [3.05, 3.63) is 29.8 Å². The molecule has 1 aromatic carbocycles. The molecule has 20 heavy (non-hydrogen) atoms. The molecule has 0 atom stereocenters. The van der Waals surface area contributed by atoms with Crippen LogP contribution in [0.4, 0.5) is 0 Å². The summed E-state index contributed by atoms with van der Waals surface area (Å²) < 4.78 is 5.57. The second-order valence-electron chi connectivity index (χ2n) is 4.72. The van der Waals surface area contributed by atoms with Gasteiger partial charge >= 0.3 is 0 Å². The molecule has 3 N–H and O–H groups in total. The maximum atomic E-state index is 10.9. The molecule has 5 nitrogen and oxygen atoms in total. The van der Waals surface area contributed by atoms with E-state index in [1.807, 2.05) is 24.3 Å². The fourth-order valence-electron chi connectivity index (χ4n) is 1.72. The Bertz CT molecular complexity index is 429. The monoisotopic (exact) mass is 278 g/mol. The molecule has 0 unspecified atom stereocenters. The molecule has 0 aromatic heterocycles. The van der Waals surface area contributed by atoms with Crippen LogP contribution >= 0.6 is 0 Å². The third-order valence-electron chi connectivity index (χ3n) is 2.92. The zero-order valence-electron chi connectivity index (χ0n) is 11.9. The summed E-state index contributed by atoms with van der Waals surface area (Å²) in [5.41, 5.74) is 3.23. The minimum atomic E-state index is -0.153. The van der Waals surface area contributed by atoms with E-state index >= 15 is 0 Å². The van der Waals surface area contributed by atoms with Crippen molar-refractivity contribution in [1.29, 1.82) is 0 Å². The number of nitrogens with one attached hydrogen (secondary N) is 1. The SMILES string of the molecule is CC(=O)CCc1ccc(OCCCCC(=O)NN)cc1.